The number of urea groups is 1. The number of amides is 3. The van der Waals surface area contributed by atoms with Crippen molar-refractivity contribution in [2.75, 3.05) is 15.7 Å². The minimum Gasteiger partial charge on any atom is -0.444 e. The Morgan fingerprint density at radius 1 is 0.974 bits per heavy atom. The van der Waals surface area contributed by atoms with Crippen LogP contribution in [0.1, 0.15) is 26.3 Å². The second-order valence-corrected chi connectivity index (χ2v) is 9.91. The van der Waals surface area contributed by atoms with E-state index in [4.69, 9.17) is 16.3 Å². The fraction of sp³-hybridized carbons (Fsp3) is 0.185. The fourth-order valence-corrected chi connectivity index (χ4v) is 4.01. The molecule has 3 aromatic carbocycles. The van der Waals surface area contributed by atoms with Crippen LogP contribution in [-0.2, 0) is 10.9 Å². The fourth-order valence-electron chi connectivity index (χ4n) is 3.78. The molecule has 4 aromatic rings. The summed E-state index contributed by atoms with van der Waals surface area (Å²) in [6.07, 6.45) is -3.49. The molecule has 0 aliphatic rings. The highest BCUT2D eigenvalue weighted by atomic mass is 35.5. The number of nitrogens with zero attached hydrogens (tertiary/aromatic N) is 2. The predicted octanol–water partition coefficient (Wildman–Crippen LogP) is 8.08. The van der Waals surface area contributed by atoms with Gasteiger partial charge in [0.15, 0.2) is 0 Å². The molecule has 12 heteroatoms. The number of fused-ring (bicyclic) bond motifs is 1. The molecule has 8 nitrogen and oxygen atoms in total. The molecule has 0 fully saturated rings. The smallest absolute Gasteiger partial charge is 0.417 e. The van der Waals surface area contributed by atoms with Crippen LogP contribution in [0.4, 0.5) is 39.8 Å². The summed E-state index contributed by atoms with van der Waals surface area (Å²) >= 11 is 5.60. The zero-order chi connectivity index (χ0) is 28.5. The number of carbonyl (C=O) groups is 2. The molecule has 0 radical (unpaired) electrons. The van der Waals surface area contributed by atoms with Crippen molar-refractivity contribution in [2.45, 2.75) is 32.5 Å². The third-order valence-corrected chi connectivity index (χ3v) is 5.79. The van der Waals surface area contributed by atoms with E-state index in [-0.39, 0.29) is 16.4 Å². The Morgan fingerprint density at radius 2 is 1.67 bits per heavy atom. The minimum atomic E-state index is -4.71. The lowest BCUT2D eigenvalue weighted by atomic mass is 10.2. The summed E-state index contributed by atoms with van der Waals surface area (Å²) in [5.74, 6) is 0. The minimum absolute atomic E-state index is 0.0741. The molecule has 1 aromatic heterocycles. The van der Waals surface area contributed by atoms with Crippen molar-refractivity contribution in [1.82, 2.24) is 4.57 Å². The molecule has 0 aliphatic heterocycles. The summed E-state index contributed by atoms with van der Waals surface area (Å²) in [5.41, 5.74) is 0.143. The Bertz CT molecular complexity index is 1530. The van der Waals surface area contributed by atoms with E-state index in [1.807, 2.05) is 16.7 Å². The first-order valence-electron chi connectivity index (χ1n) is 11.6. The Balaban J connectivity index is 1.51. The second-order valence-electron chi connectivity index (χ2n) is 9.50. The maximum Gasteiger partial charge on any atom is 0.417 e. The molecule has 4 rings (SSSR count). The van der Waals surface area contributed by atoms with Crippen LogP contribution in [0.5, 0.6) is 0 Å². The maximum atomic E-state index is 13.1. The maximum absolute atomic E-state index is 13.1. The summed E-state index contributed by atoms with van der Waals surface area (Å²) in [5, 5.41) is 15.8. The lowest BCUT2D eigenvalue weighted by molar-refractivity contribution is -0.137. The highest BCUT2D eigenvalue weighted by molar-refractivity contribution is 6.31. The van der Waals surface area contributed by atoms with Gasteiger partial charge in [0.1, 0.15) is 5.60 Å². The zero-order valence-corrected chi connectivity index (χ0v) is 21.8. The Labute approximate surface area is 226 Å². The van der Waals surface area contributed by atoms with Gasteiger partial charge in [-0.15, -0.1) is 0 Å². The first-order valence-corrected chi connectivity index (χ1v) is 12.0. The average Bonchev–Trinajstić information content (AvgIpc) is 3.28. The largest absolute Gasteiger partial charge is 0.444 e. The average molecular weight is 561 g/mol. The van der Waals surface area contributed by atoms with E-state index in [1.54, 1.807) is 51.2 Å². The van der Waals surface area contributed by atoms with E-state index in [0.717, 1.165) is 17.0 Å². The van der Waals surface area contributed by atoms with Gasteiger partial charge >= 0.3 is 18.3 Å². The molecule has 3 amide bonds. The molecule has 0 saturated carbocycles. The highest BCUT2D eigenvalue weighted by Crippen LogP contribution is 2.36. The quantitative estimate of drug-likeness (QED) is 0.174. The molecule has 0 atom stereocenters. The first kappa shape index (κ1) is 27.8. The standard InChI is InChI=1S/C27H24ClF3N4O4/c1-26(2,3)39-25(37)33-22-5-4-6-23-19(22)13-14-34(23)17-8-10-18(11-9-17)35(38)24(36)32-16-7-12-21(28)20(15-16)27(29,30)31/h4-15,38H,1-3H3,(H,32,36)(H,33,37). The summed E-state index contributed by atoms with van der Waals surface area (Å²) in [7, 11) is 0. The topological polar surface area (TPSA) is 95.8 Å². The van der Waals surface area contributed by atoms with E-state index in [1.165, 1.54) is 18.2 Å². The van der Waals surface area contributed by atoms with Crippen LogP contribution < -0.4 is 15.7 Å². The van der Waals surface area contributed by atoms with E-state index in [0.29, 0.717) is 17.4 Å². The van der Waals surface area contributed by atoms with Crippen LogP contribution in [0.15, 0.2) is 72.9 Å². The van der Waals surface area contributed by atoms with Crippen molar-refractivity contribution in [3.8, 4) is 5.69 Å². The molecule has 204 valence electrons. The van der Waals surface area contributed by atoms with Crippen LogP contribution in [0.3, 0.4) is 0 Å². The normalized spacial score (nSPS) is 11.8. The summed E-state index contributed by atoms with van der Waals surface area (Å²) in [4.78, 5) is 24.7. The molecular weight excluding hydrogens is 537 g/mol. The molecule has 0 bridgehead atoms. The van der Waals surface area contributed by atoms with Gasteiger partial charge in [0.25, 0.3) is 0 Å². The molecule has 1 heterocycles. The molecule has 0 unspecified atom stereocenters. The second kappa shape index (κ2) is 10.5. The van der Waals surface area contributed by atoms with Crippen LogP contribution >= 0.6 is 11.6 Å². The SMILES string of the molecule is CC(C)(C)OC(=O)Nc1cccc2c1ccn2-c1ccc(N(O)C(=O)Nc2ccc(Cl)c(C(F)(F)F)c2)cc1. The number of aromatic nitrogens is 1. The van der Waals surface area contributed by atoms with Gasteiger partial charge < -0.3 is 14.6 Å². The number of anilines is 3. The van der Waals surface area contributed by atoms with Crippen molar-refractivity contribution in [1.29, 1.82) is 0 Å². The number of ether oxygens (including phenoxy) is 1. The number of nitrogens with one attached hydrogen (secondary N) is 2. The Kier molecular flexibility index (Phi) is 7.49. The third kappa shape index (κ3) is 6.44. The molecular formula is C27H24ClF3N4O4. The molecule has 0 spiro atoms. The van der Waals surface area contributed by atoms with Crippen molar-refractivity contribution in [2.24, 2.45) is 0 Å². The van der Waals surface area contributed by atoms with Gasteiger partial charge in [-0.05, 0) is 81.4 Å². The number of benzene rings is 3. The van der Waals surface area contributed by atoms with E-state index >= 15 is 0 Å². The number of hydroxylamine groups is 1. The molecule has 39 heavy (non-hydrogen) atoms. The van der Waals surface area contributed by atoms with Gasteiger partial charge in [0.05, 0.1) is 27.5 Å². The lowest BCUT2D eigenvalue weighted by Gasteiger charge is -2.20. The van der Waals surface area contributed by atoms with E-state index in [9.17, 15) is 28.0 Å². The number of hydrogen-bond acceptors (Lipinski definition) is 4. The molecule has 3 N–H and O–H groups in total. The molecule has 0 saturated heterocycles. The highest BCUT2D eigenvalue weighted by Gasteiger charge is 2.33. The number of halogens is 4. The summed E-state index contributed by atoms with van der Waals surface area (Å²) in [6.45, 7) is 5.31. The predicted molar refractivity (Wildman–Crippen MR) is 143 cm³/mol. The lowest BCUT2D eigenvalue weighted by Crippen LogP contribution is -2.31. The molecule has 0 aliphatic carbocycles. The number of alkyl halides is 3. The van der Waals surface area contributed by atoms with Crippen LogP contribution in [0, 0.1) is 0 Å². The monoisotopic (exact) mass is 560 g/mol. The number of hydrogen-bond donors (Lipinski definition) is 3. The van der Waals surface area contributed by atoms with Gasteiger partial charge in [0, 0.05) is 23.0 Å². The van der Waals surface area contributed by atoms with Crippen molar-refractivity contribution in [3.63, 3.8) is 0 Å². The number of rotatable bonds is 4. The van der Waals surface area contributed by atoms with Crippen molar-refractivity contribution >= 4 is 51.7 Å². The Hall–Kier alpha value is -4.22. The zero-order valence-electron chi connectivity index (χ0n) is 21.0. The van der Waals surface area contributed by atoms with Gasteiger partial charge in [-0.3, -0.25) is 10.5 Å². The first-order chi connectivity index (χ1) is 18.2. The summed E-state index contributed by atoms with van der Waals surface area (Å²) in [6, 6.07) is 15.2. The Morgan fingerprint density at radius 3 is 2.31 bits per heavy atom. The van der Waals surface area contributed by atoms with Crippen LogP contribution in [-0.4, -0.2) is 27.5 Å². The number of carbonyl (C=O) groups excluding carboxylic acids is 2. The third-order valence-electron chi connectivity index (χ3n) is 5.46. The van der Waals surface area contributed by atoms with Crippen LogP contribution in [0.2, 0.25) is 5.02 Å². The van der Waals surface area contributed by atoms with Crippen LogP contribution in [0.25, 0.3) is 16.6 Å². The van der Waals surface area contributed by atoms with E-state index < -0.39 is 34.5 Å². The van der Waals surface area contributed by atoms with Gasteiger partial charge in [-0.25, -0.2) is 9.59 Å². The van der Waals surface area contributed by atoms with Crippen molar-refractivity contribution in [3.05, 3.63) is 83.5 Å². The summed E-state index contributed by atoms with van der Waals surface area (Å²) < 4.78 is 46.5. The van der Waals surface area contributed by atoms with Crippen molar-refractivity contribution < 1.29 is 32.7 Å². The van der Waals surface area contributed by atoms with E-state index in [2.05, 4.69) is 10.6 Å². The van der Waals surface area contributed by atoms with Gasteiger partial charge in [-0.1, -0.05) is 17.7 Å². The van der Waals surface area contributed by atoms with Gasteiger partial charge in [0.2, 0.25) is 0 Å². The van der Waals surface area contributed by atoms with Gasteiger partial charge in [-0.2, -0.15) is 18.2 Å².